The number of hydrogen-bond donors (Lipinski definition) is 4. The summed E-state index contributed by atoms with van der Waals surface area (Å²) in [6.07, 6.45) is 0. The molecule has 0 fully saturated rings. The van der Waals surface area contributed by atoms with Crippen LogP contribution in [0.2, 0.25) is 0 Å². The van der Waals surface area contributed by atoms with Crippen LogP contribution >= 0.6 is 0 Å². The molecule has 0 radical (unpaired) electrons. The molecule has 0 unspecified atom stereocenters. The van der Waals surface area contributed by atoms with Crippen LogP contribution in [0.1, 0.15) is 0 Å². The molecule has 4 nitrogen and oxygen atoms in total. The van der Waals surface area contributed by atoms with Crippen LogP contribution in [0.5, 0.6) is 23.0 Å². The lowest BCUT2D eigenvalue weighted by molar-refractivity contribution is 0.403. The van der Waals surface area contributed by atoms with Crippen LogP contribution in [0.3, 0.4) is 0 Å². The lowest BCUT2D eigenvalue weighted by atomic mass is 10.0. The van der Waals surface area contributed by atoms with Crippen molar-refractivity contribution in [3.05, 3.63) is 115 Å². The molecule has 136 valence electrons. The molecule has 0 amide bonds. The lowest BCUT2D eigenvalue weighted by Gasteiger charge is -2.05. The zero-order valence-electron chi connectivity index (χ0n) is 14.7. The number of aromatic hydroxyl groups is 4. The Morgan fingerprint density at radius 1 is 0.321 bits per heavy atom. The van der Waals surface area contributed by atoms with Gasteiger partial charge in [-0.1, -0.05) is 48.5 Å². The Labute approximate surface area is 158 Å². The minimum atomic E-state index is -0.194. The molecule has 5 rings (SSSR count). The van der Waals surface area contributed by atoms with Crippen LogP contribution in [0.4, 0.5) is 0 Å². The molecule has 4 heteroatoms. The second kappa shape index (κ2) is 5.79. The number of phenols is 4. The van der Waals surface area contributed by atoms with Gasteiger partial charge in [-0.2, -0.15) is 0 Å². The fourth-order valence-corrected chi connectivity index (χ4v) is 3.95. The Morgan fingerprint density at radius 2 is 0.536 bits per heavy atom. The van der Waals surface area contributed by atoms with Gasteiger partial charge in [-0.25, -0.2) is 0 Å². The number of hydrogen-bond acceptors (Lipinski definition) is 4. The molecule has 1 aliphatic rings. The molecule has 4 aromatic carbocycles. The zero-order chi connectivity index (χ0) is 19.4. The van der Waals surface area contributed by atoms with Crippen molar-refractivity contribution >= 4 is 0 Å². The van der Waals surface area contributed by atoms with Gasteiger partial charge >= 0.3 is 0 Å². The minimum absolute atomic E-state index is 0.194. The summed E-state index contributed by atoms with van der Waals surface area (Å²) in [5.74, 6) is -0.776. The van der Waals surface area contributed by atoms with Gasteiger partial charge in [0.1, 0.15) is 0 Å². The summed E-state index contributed by atoms with van der Waals surface area (Å²) in [5, 5.41) is 47.2. The van der Waals surface area contributed by atoms with E-state index in [4.69, 9.17) is 0 Å². The van der Waals surface area contributed by atoms with E-state index in [1.54, 1.807) is 24.3 Å². The fraction of sp³-hybridized carbons (Fsp3) is 0. The molecule has 0 atom stereocenters. The maximum Gasteiger partial charge on any atom is 0.158 e. The van der Waals surface area contributed by atoms with E-state index < -0.39 is 0 Å². The van der Waals surface area contributed by atoms with Crippen LogP contribution in [0, 0.1) is 41.7 Å². The topological polar surface area (TPSA) is 80.9 Å². The van der Waals surface area contributed by atoms with E-state index in [1.165, 1.54) is 0 Å². The molecule has 0 saturated carbocycles. The van der Waals surface area contributed by atoms with Crippen molar-refractivity contribution < 1.29 is 20.4 Å². The van der Waals surface area contributed by atoms with E-state index in [2.05, 4.69) is 0 Å². The summed E-state index contributed by atoms with van der Waals surface area (Å²) in [6.45, 7) is 0. The van der Waals surface area contributed by atoms with Gasteiger partial charge in [-0.3, -0.25) is 0 Å². The van der Waals surface area contributed by atoms with E-state index in [0.717, 1.165) is 41.7 Å². The molecule has 0 aliphatic heterocycles. The van der Waals surface area contributed by atoms with Crippen molar-refractivity contribution in [1.29, 1.82) is 0 Å². The highest BCUT2D eigenvalue weighted by molar-refractivity contribution is 5.44. The molecule has 0 heterocycles. The predicted molar refractivity (Wildman–Crippen MR) is 103 cm³/mol. The van der Waals surface area contributed by atoms with Gasteiger partial charge in [0.05, 0.1) is 0 Å². The second-order valence-corrected chi connectivity index (χ2v) is 6.86. The van der Waals surface area contributed by atoms with Crippen molar-refractivity contribution in [3.63, 3.8) is 0 Å². The van der Waals surface area contributed by atoms with E-state index in [1.807, 2.05) is 48.5 Å². The van der Waals surface area contributed by atoms with Gasteiger partial charge in [0.15, 0.2) is 23.0 Å². The first-order valence-electron chi connectivity index (χ1n) is 8.86. The van der Waals surface area contributed by atoms with Crippen LogP contribution < -0.4 is 0 Å². The van der Waals surface area contributed by atoms with Gasteiger partial charge in [-0.15, -0.1) is 0 Å². The van der Waals surface area contributed by atoms with Crippen LogP contribution in [0.15, 0.2) is 72.8 Å². The minimum Gasteiger partial charge on any atom is -0.504 e. The zero-order valence-corrected chi connectivity index (χ0v) is 14.7. The SMILES string of the molecule is Oc1cc2/c(cc1O)=c1\cccc\c1=c1/cc(O)c(O)c/c1=c1/cccc/c1=2. The third kappa shape index (κ3) is 2.25. The lowest BCUT2D eigenvalue weighted by Crippen LogP contribution is -1.90. The molecule has 0 saturated heterocycles. The van der Waals surface area contributed by atoms with Crippen molar-refractivity contribution in [2.45, 2.75) is 0 Å². The molecule has 4 N–H and O–H groups in total. The summed E-state index contributed by atoms with van der Waals surface area (Å²) in [4.78, 5) is 0. The summed E-state index contributed by atoms with van der Waals surface area (Å²) < 4.78 is 0. The molecule has 0 spiro atoms. The first-order valence-corrected chi connectivity index (χ1v) is 8.86. The Hall–Kier alpha value is -3.92. The van der Waals surface area contributed by atoms with Crippen molar-refractivity contribution in [3.8, 4) is 23.0 Å². The normalized spacial score (nSPS) is 16.6. The Bertz CT molecular complexity index is 1410. The van der Waals surface area contributed by atoms with Crippen LogP contribution in [-0.4, -0.2) is 20.4 Å². The van der Waals surface area contributed by atoms with Crippen molar-refractivity contribution in [2.75, 3.05) is 0 Å². The third-order valence-electron chi connectivity index (χ3n) is 5.24. The molecule has 0 bridgehead atoms. The first kappa shape index (κ1) is 16.3. The molecular weight excluding hydrogens is 352 g/mol. The van der Waals surface area contributed by atoms with Crippen molar-refractivity contribution in [1.82, 2.24) is 0 Å². The van der Waals surface area contributed by atoms with Crippen LogP contribution in [0.25, 0.3) is 0 Å². The Morgan fingerprint density at radius 3 is 0.750 bits per heavy atom. The smallest absolute Gasteiger partial charge is 0.158 e. The highest BCUT2D eigenvalue weighted by Crippen LogP contribution is 2.28. The monoisotopic (exact) mass is 368 g/mol. The summed E-state index contributed by atoms with van der Waals surface area (Å²) in [7, 11) is 0. The van der Waals surface area contributed by atoms with E-state index in [9.17, 15) is 20.4 Å². The maximum atomic E-state index is 10.2. The van der Waals surface area contributed by atoms with Gasteiger partial charge in [0, 0.05) is 0 Å². The fourth-order valence-electron chi connectivity index (χ4n) is 3.95. The average Bonchev–Trinajstić information content (AvgIpc) is 2.71. The average molecular weight is 368 g/mol. The summed E-state index contributed by atoms with van der Waals surface area (Å²) >= 11 is 0. The van der Waals surface area contributed by atoms with Crippen molar-refractivity contribution in [2.24, 2.45) is 0 Å². The molecule has 28 heavy (non-hydrogen) atoms. The number of fused-ring (bicyclic) bond motifs is 4. The molecule has 4 aromatic rings. The number of phenolic OH excluding ortho intramolecular Hbond substituents is 4. The largest absolute Gasteiger partial charge is 0.504 e. The second-order valence-electron chi connectivity index (χ2n) is 6.86. The Balaban J connectivity index is 2.43. The highest BCUT2D eigenvalue weighted by atomic mass is 16.3. The van der Waals surface area contributed by atoms with Gasteiger partial charge in [0.2, 0.25) is 0 Å². The predicted octanol–water partition coefficient (Wildman–Crippen LogP) is 3.97. The quantitative estimate of drug-likeness (QED) is 0.312. The molecular formula is C24H16O4. The summed E-state index contributed by atoms with van der Waals surface area (Å²) in [5.41, 5.74) is 0. The number of benzene rings is 4. The number of rotatable bonds is 0. The van der Waals surface area contributed by atoms with Crippen LogP contribution in [-0.2, 0) is 0 Å². The van der Waals surface area contributed by atoms with E-state index in [0.29, 0.717) is 0 Å². The van der Waals surface area contributed by atoms with E-state index >= 15 is 0 Å². The molecule has 1 aliphatic carbocycles. The molecule has 0 aromatic heterocycles. The summed E-state index contributed by atoms with van der Waals surface area (Å²) in [6, 6.07) is 21.6. The highest BCUT2D eigenvalue weighted by Gasteiger charge is 2.07. The van der Waals surface area contributed by atoms with Gasteiger partial charge in [0.25, 0.3) is 0 Å². The van der Waals surface area contributed by atoms with Gasteiger partial charge in [-0.05, 0) is 66.0 Å². The Kier molecular flexibility index (Phi) is 3.36. The third-order valence-corrected chi connectivity index (χ3v) is 5.24. The van der Waals surface area contributed by atoms with Gasteiger partial charge < -0.3 is 20.4 Å². The maximum absolute atomic E-state index is 10.2. The van der Waals surface area contributed by atoms with E-state index in [-0.39, 0.29) is 23.0 Å². The first-order chi connectivity index (χ1) is 13.5. The standard InChI is InChI=1S/C24H16O4/c25-21-9-17-13-5-1-2-6-14(13)18-10-22(26)24(28)12-20(18)16-8-4-3-7-15(16)19(17)11-23(21)27/h1-12,25-28H/b17-13-,18-14+,19-15+,20-16-.